The first-order valence-electron chi connectivity index (χ1n) is 11.9. The second-order valence-electron chi connectivity index (χ2n) is 8.87. The minimum atomic E-state index is -0.607. The molecule has 0 bridgehead atoms. The summed E-state index contributed by atoms with van der Waals surface area (Å²) < 4.78 is 10.8. The first-order valence-corrected chi connectivity index (χ1v) is 11.9. The van der Waals surface area contributed by atoms with Crippen LogP contribution in [0.3, 0.4) is 0 Å². The number of fused-ring (bicyclic) bond motifs is 1. The topological polar surface area (TPSA) is 83.4 Å². The second-order valence-corrected chi connectivity index (χ2v) is 8.87. The number of carbonyl (C=O) groups is 1. The third-order valence-corrected chi connectivity index (χ3v) is 6.72. The van der Waals surface area contributed by atoms with Crippen LogP contribution >= 0.6 is 0 Å². The number of amides is 1. The van der Waals surface area contributed by atoms with Crippen LogP contribution < -0.4 is 10.2 Å². The highest BCUT2D eigenvalue weighted by Crippen LogP contribution is 2.42. The van der Waals surface area contributed by atoms with E-state index < -0.39 is 6.09 Å². The zero-order valence-corrected chi connectivity index (χ0v) is 19.9. The Morgan fingerprint density at radius 2 is 1.82 bits per heavy atom. The summed E-state index contributed by atoms with van der Waals surface area (Å²) in [5.41, 5.74) is 5.84. The van der Waals surface area contributed by atoms with Crippen molar-refractivity contribution in [1.29, 1.82) is 0 Å². The molecule has 0 aliphatic carbocycles. The van der Waals surface area contributed by atoms with E-state index in [2.05, 4.69) is 27.6 Å². The molecule has 0 unspecified atom stereocenters. The maximum Gasteiger partial charge on any atom is 0.427 e. The Labute approximate surface area is 201 Å². The molecule has 0 spiro atoms. The van der Waals surface area contributed by atoms with E-state index in [9.17, 15) is 9.90 Å². The zero-order valence-electron chi connectivity index (χ0n) is 19.9. The Morgan fingerprint density at radius 3 is 2.56 bits per heavy atom. The Balaban J connectivity index is 1.79. The number of likely N-dealkylation sites (tertiary alicyclic amines) is 1. The smallest absolute Gasteiger partial charge is 0.427 e. The van der Waals surface area contributed by atoms with Gasteiger partial charge >= 0.3 is 6.09 Å². The molecule has 2 N–H and O–H groups in total. The fraction of sp³-hybridized carbons (Fsp3) is 0.407. The number of piperidine rings is 1. The van der Waals surface area contributed by atoms with Crippen LogP contribution in [0.1, 0.15) is 43.2 Å². The van der Waals surface area contributed by atoms with Crippen molar-refractivity contribution < 1.29 is 19.4 Å². The molecule has 2 aliphatic rings. The minimum Gasteiger partial charge on any atom is -0.507 e. The lowest BCUT2D eigenvalue weighted by Crippen LogP contribution is -2.40. The number of aliphatic hydroxyl groups is 1. The van der Waals surface area contributed by atoms with Crippen molar-refractivity contribution in [2.24, 2.45) is 11.0 Å². The van der Waals surface area contributed by atoms with Crippen LogP contribution in [0, 0.1) is 5.92 Å². The number of methoxy groups -OCH3 is 1. The monoisotopic (exact) mass is 463 g/mol. The third-order valence-electron chi connectivity index (χ3n) is 6.72. The normalized spacial score (nSPS) is 18.5. The fourth-order valence-electron chi connectivity index (χ4n) is 4.92. The maximum absolute atomic E-state index is 11.7. The predicted octanol–water partition coefficient (Wildman–Crippen LogP) is 4.97. The highest BCUT2D eigenvalue weighted by Gasteiger charge is 2.35. The molecular formula is C27H33N3O4. The van der Waals surface area contributed by atoms with Gasteiger partial charge in [-0.2, -0.15) is 5.10 Å². The van der Waals surface area contributed by atoms with Crippen molar-refractivity contribution in [1.82, 2.24) is 10.3 Å². The first-order chi connectivity index (χ1) is 16.6. The number of nitrogens with one attached hydrogen (secondary N) is 1. The van der Waals surface area contributed by atoms with Crippen molar-refractivity contribution >= 4 is 17.6 Å². The van der Waals surface area contributed by atoms with Crippen molar-refractivity contribution in [3.05, 3.63) is 71.3 Å². The molecule has 0 saturated carbocycles. The highest BCUT2D eigenvalue weighted by atomic mass is 16.5. The van der Waals surface area contributed by atoms with E-state index in [1.165, 1.54) is 26.4 Å². The largest absolute Gasteiger partial charge is 0.507 e. The van der Waals surface area contributed by atoms with Gasteiger partial charge in [-0.1, -0.05) is 48.9 Å². The first kappa shape index (κ1) is 23.8. The Morgan fingerprint density at radius 1 is 1.12 bits per heavy atom. The molecule has 34 heavy (non-hydrogen) atoms. The van der Waals surface area contributed by atoms with Crippen molar-refractivity contribution in [3.63, 3.8) is 0 Å². The number of aliphatic hydroxyl groups excluding tert-OH is 1. The van der Waals surface area contributed by atoms with E-state index in [0.717, 1.165) is 36.5 Å². The molecule has 180 valence electrons. The van der Waals surface area contributed by atoms with Crippen LogP contribution in [0.15, 0.2) is 65.3 Å². The van der Waals surface area contributed by atoms with Gasteiger partial charge in [0.2, 0.25) is 0 Å². The van der Waals surface area contributed by atoms with E-state index >= 15 is 0 Å². The second kappa shape index (κ2) is 11.2. The number of benzene rings is 2. The average Bonchev–Trinajstić information content (AvgIpc) is 2.89. The van der Waals surface area contributed by atoms with Gasteiger partial charge in [0.25, 0.3) is 0 Å². The lowest BCUT2D eigenvalue weighted by molar-refractivity contribution is 0.171. The summed E-state index contributed by atoms with van der Waals surface area (Å²) in [6, 6.07) is 17.7. The van der Waals surface area contributed by atoms with Gasteiger partial charge in [-0.15, -0.1) is 0 Å². The SMILES string of the molecule is COC(=O)N/N=C(/C)[C@H](CN1CCCCC1)[C@H](C1=C(O)c2ccccc2OC1)c1ccccc1. The standard InChI is InChI=1S/C27H33N3O4/c1-19(28-29-27(32)33-2)22(17-30-15-9-4-10-16-30)25(20-11-5-3-6-12-20)23-18-34-24-14-8-7-13-21(24)26(23)31/h3,5-8,11-14,22,25,31H,4,9-10,15-18H2,1-2H3,(H,29,32)/b28-19-/t22-,25+/m0/s1. The van der Waals surface area contributed by atoms with Gasteiger partial charge in [-0.3, -0.25) is 0 Å². The molecule has 2 aliphatic heterocycles. The number of ether oxygens (including phenoxy) is 2. The molecule has 2 aromatic carbocycles. The molecule has 1 fully saturated rings. The average molecular weight is 464 g/mol. The van der Waals surface area contributed by atoms with Gasteiger partial charge in [-0.25, -0.2) is 10.2 Å². The fourth-order valence-corrected chi connectivity index (χ4v) is 4.92. The van der Waals surface area contributed by atoms with Crippen LogP contribution in [-0.4, -0.2) is 55.2 Å². The molecule has 2 atom stereocenters. The van der Waals surface area contributed by atoms with Crippen LogP contribution in [0.25, 0.3) is 5.76 Å². The van der Waals surface area contributed by atoms with E-state index in [0.29, 0.717) is 11.3 Å². The number of para-hydroxylation sites is 1. The van der Waals surface area contributed by atoms with Gasteiger partial charge in [0.05, 0.1) is 12.7 Å². The van der Waals surface area contributed by atoms with E-state index in [4.69, 9.17) is 9.47 Å². The highest BCUT2D eigenvalue weighted by molar-refractivity contribution is 5.87. The summed E-state index contributed by atoms with van der Waals surface area (Å²) >= 11 is 0. The summed E-state index contributed by atoms with van der Waals surface area (Å²) in [7, 11) is 1.32. The molecular weight excluding hydrogens is 430 g/mol. The summed E-state index contributed by atoms with van der Waals surface area (Å²) in [5.74, 6) is 0.664. The summed E-state index contributed by atoms with van der Waals surface area (Å²) in [4.78, 5) is 14.2. The quantitative estimate of drug-likeness (QED) is 0.448. The van der Waals surface area contributed by atoms with Gasteiger partial charge in [0.1, 0.15) is 18.1 Å². The Bertz CT molecular complexity index is 1040. The summed E-state index contributed by atoms with van der Waals surface area (Å²) in [6.45, 7) is 5.03. The van der Waals surface area contributed by atoms with E-state index in [1.54, 1.807) is 0 Å². The van der Waals surface area contributed by atoms with E-state index in [1.807, 2.05) is 49.4 Å². The molecule has 7 heteroatoms. The lowest BCUT2D eigenvalue weighted by atomic mass is 9.76. The maximum atomic E-state index is 11.7. The third kappa shape index (κ3) is 5.42. The molecule has 2 heterocycles. The van der Waals surface area contributed by atoms with Gasteiger partial charge in [0, 0.05) is 29.7 Å². The van der Waals surface area contributed by atoms with Gasteiger partial charge < -0.3 is 19.5 Å². The minimum absolute atomic E-state index is 0.0938. The van der Waals surface area contributed by atoms with Crippen LogP contribution in [0.2, 0.25) is 0 Å². The molecule has 7 nitrogen and oxygen atoms in total. The van der Waals surface area contributed by atoms with Crippen molar-refractivity contribution in [3.8, 4) is 5.75 Å². The molecule has 2 aromatic rings. The zero-order chi connectivity index (χ0) is 23.9. The Hall–Kier alpha value is -3.32. The number of hydrogen-bond donors (Lipinski definition) is 2. The molecule has 0 aromatic heterocycles. The van der Waals surface area contributed by atoms with Gasteiger partial charge in [-0.05, 0) is 50.6 Å². The molecule has 1 saturated heterocycles. The number of nitrogens with zero attached hydrogens (tertiary/aromatic N) is 2. The van der Waals surface area contributed by atoms with E-state index in [-0.39, 0.29) is 24.2 Å². The molecule has 0 radical (unpaired) electrons. The summed E-state index contributed by atoms with van der Waals surface area (Å²) in [5, 5.41) is 15.8. The molecule has 1 amide bonds. The number of hydrogen-bond acceptors (Lipinski definition) is 6. The van der Waals surface area contributed by atoms with Crippen molar-refractivity contribution in [2.45, 2.75) is 32.1 Å². The van der Waals surface area contributed by atoms with Crippen molar-refractivity contribution in [2.75, 3.05) is 33.4 Å². The van der Waals surface area contributed by atoms with Crippen LogP contribution in [0.5, 0.6) is 5.75 Å². The molecule has 4 rings (SSSR count). The summed E-state index contributed by atoms with van der Waals surface area (Å²) in [6.07, 6.45) is 2.98. The number of rotatable bonds is 7. The Kier molecular flexibility index (Phi) is 7.85. The number of hydrazone groups is 1. The van der Waals surface area contributed by atoms with Gasteiger partial charge in [0.15, 0.2) is 0 Å². The van der Waals surface area contributed by atoms with Crippen LogP contribution in [0.4, 0.5) is 4.79 Å². The predicted molar refractivity (Wildman–Crippen MR) is 133 cm³/mol. The number of carbonyl (C=O) groups excluding carboxylic acids is 1. The van der Waals surface area contributed by atoms with Crippen LogP contribution in [-0.2, 0) is 4.74 Å². The lowest BCUT2D eigenvalue weighted by Gasteiger charge is -2.37.